The molecule has 1 aromatic carbocycles. The quantitative estimate of drug-likeness (QED) is 0.490. The summed E-state index contributed by atoms with van der Waals surface area (Å²) in [6, 6.07) is 5.38. The standard InChI is InChI=1S/C14H11N5O5/c1-17-11-9(12(20)18(2)14(17)22)10(15-13(21)16-11)7-3-5-8(6-4-7)19(23)24/h3-6H,1-2H3,(H,15,16,21)/p+1. The third kappa shape index (κ3) is 2.20. The van der Waals surface area contributed by atoms with Gasteiger partial charge in [-0.3, -0.25) is 14.9 Å². The van der Waals surface area contributed by atoms with Gasteiger partial charge in [-0.05, 0) is 12.1 Å². The van der Waals surface area contributed by atoms with E-state index in [2.05, 4.69) is 9.97 Å². The van der Waals surface area contributed by atoms with Crippen LogP contribution < -0.4 is 21.9 Å². The monoisotopic (exact) mass is 330 g/mol. The number of nitrogens with zero attached hydrogens (tertiary/aromatic N) is 3. The Hall–Kier alpha value is -3.56. The number of nitro groups is 1. The van der Waals surface area contributed by atoms with E-state index in [0.717, 1.165) is 9.13 Å². The van der Waals surface area contributed by atoms with Crippen LogP contribution >= 0.6 is 0 Å². The summed E-state index contributed by atoms with van der Waals surface area (Å²) in [5, 5.41) is 10.9. The van der Waals surface area contributed by atoms with Gasteiger partial charge in [0.15, 0.2) is 5.39 Å². The van der Waals surface area contributed by atoms with Gasteiger partial charge in [-0.25, -0.2) is 28.7 Å². The number of aromatic nitrogens is 4. The summed E-state index contributed by atoms with van der Waals surface area (Å²) in [5.41, 5.74) is -1.24. The summed E-state index contributed by atoms with van der Waals surface area (Å²) >= 11 is 0. The van der Waals surface area contributed by atoms with Crippen LogP contribution in [0.5, 0.6) is 0 Å². The minimum atomic E-state index is -0.612. The maximum Gasteiger partial charge on any atom is 0.439 e. The highest BCUT2D eigenvalue weighted by molar-refractivity contribution is 5.87. The van der Waals surface area contributed by atoms with Crippen molar-refractivity contribution in [3.63, 3.8) is 0 Å². The Morgan fingerprint density at radius 3 is 2.29 bits per heavy atom. The van der Waals surface area contributed by atoms with Crippen LogP contribution in [-0.4, -0.2) is 19.0 Å². The van der Waals surface area contributed by atoms with Crippen LogP contribution in [0.25, 0.3) is 22.3 Å². The largest absolute Gasteiger partial charge is 0.439 e. The molecule has 2 heterocycles. The lowest BCUT2D eigenvalue weighted by molar-refractivity contribution is -0.384. The molecule has 0 aliphatic heterocycles. The Morgan fingerprint density at radius 1 is 1.08 bits per heavy atom. The zero-order valence-electron chi connectivity index (χ0n) is 12.7. The molecular weight excluding hydrogens is 318 g/mol. The van der Waals surface area contributed by atoms with Gasteiger partial charge in [-0.15, -0.1) is 0 Å². The molecule has 24 heavy (non-hydrogen) atoms. The van der Waals surface area contributed by atoms with Crippen molar-refractivity contribution in [2.45, 2.75) is 0 Å². The third-order valence-electron chi connectivity index (χ3n) is 3.75. The van der Waals surface area contributed by atoms with Crippen LogP contribution in [0, 0.1) is 10.1 Å². The van der Waals surface area contributed by atoms with E-state index in [1.165, 1.54) is 38.4 Å². The first-order valence-electron chi connectivity index (χ1n) is 6.81. The van der Waals surface area contributed by atoms with E-state index in [9.17, 15) is 24.5 Å². The van der Waals surface area contributed by atoms with Gasteiger partial charge in [0.05, 0.1) is 12.0 Å². The lowest BCUT2D eigenvalue weighted by atomic mass is 10.1. The van der Waals surface area contributed by atoms with Gasteiger partial charge in [0, 0.05) is 24.7 Å². The minimum absolute atomic E-state index is 0.0696. The molecule has 0 saturated carbocycles. The summed E-state index contributed by atoms with van der Waals surface area (Å²) in [6.07, 6.45) is 0. The topological polar surface area (TPSA) is 134 Å². The molecule has 0 unspecified atom stereocenters. The van der Waals surface area contributed by atoms with Crippen molar-refractivity contribution < 1.29 is 9.91 Å². The van der Waals surface area contributed by atoms with Crippen LogP contribution in [0.2, 0.25) is 0 Å². The molecular formula is C14H12N5O5+. The molecule has 3 rings (SSSR count). The summed E-state index contributed by atoms with van der Waals surface area (Å²) in [5.74, 6) is 0. The van der Waals surface area contributed by atoms with Crippen molar-refractivity contribution in [3.05, 3.63) is 65.7 Å². The molecule has 122 valence electrons. The van der Waals surface area contributed by atoms with Crippen molar-refractivity contribution in [1.82, 2.24) is 14.1 Å². The molecule has 10 heteroatoms. The number of nitro benzene ring substituents is 1. The summed E-state index contributed by atoms with van der Waals surface area (Å²) in [6.45, 7) is 0. The molecule has 0 bridgehead atoms. The second kappa shape index (κ2) is 5.26. The van der Waals surface area contributed by atoms with Crippen LogP contribution in [0.4, 0.5) is 5.69 Å². The number of aryl methyl sites for hydroxylation is 1. The molecule has 0 saturated heterocycles. The van der Waals surface area contributed by atoms with E-state index in [4.69, 9.17) is 0 Å². The summed E-state index contributed by atoms with van der Waals surface area (Å²) in [7, 11) is 2.76. The van der Waals surface area contributed by atoms with E-state index < -0.39 is 21.9 Å². The van der Waals surface area contributed by atoms with Crippen molar-refractivity contribution in [2.24, 2.45) is 14.1 Å². The molecule has 0 spiro atoms. The van der Waals surface area contributed by atoms with Crippen LogP contribution in [0.15, 0.2) is 38.6 Å². The number of non-ortho nitro benzene ring substituents is 1. The van der Waals surface area contributed by atoms with Gasteiger partial charge in [-0.1, -0.05) is 0 Å². The van der Waals surface area contributed by atoms with E-state index in [1.54, 1.807) is 0 Å². The van der Waals surface area contributed by atoms with E-state index >= 15 is 0 Å². The molecule has 2 aromatic heterocycles. The van der Waals surface area contributed by atoms with Crippen molar-refractivity contribution >= 4 is 16.7 Å². The molecule has 10 nitrogen and oxygen atoms in total. The lowest BCUT2D eigenvalue weighted by Gasteiger charge is -2.05. The van der Waals surface area contributed by atoms with E-state index in [-0.39, 0.29) is 22.4 Å². The predicted molar refractivity (Wildman–Crippen MR) is 83.7 cm³/mol. The summed E-state index contributed by atoms with van der Waals surface area (Å²) in [4.78, 5) is 51.5. The average Bonchev–Trinajstić information content (AvgIpc) is 2.57. The Bertz CT molecular complexity index is 1150. The highest BCUT2D eigenvalue weighted by Crippen LogP contribution is 2.23. The number of aromatic amines is 2. The Balaban J connectivity index is 2.44. The molecule has 3 aromatic rings. The second-order valence-electron chi connectivity index (χ2n) is 5.19. The fourth-order valence-electron chi connectivity index (χ4n) is 2.50. The van der Waals surface area contributed by atoms with Gasteiger partial charge < -0.3 is 0 Å². The Kier molecular flexibility index (Phi) is 3.36. The first kappa shape index (κ1) is 15.3. The maximum absolute atomic E-state index is 12.5. The number of H-pyrrole nitrogens is 2. The van der Waals surface area contributed by atoms with Gasteiger partial charge in [-0.2, -0.15) is 0 Å². The molecule has 0 radical (unpaired) electrons. The molecule has 2 N–H and O–H groups in total. The molecule has 0 aliphatic rings. The normalized spacial score (nSPS) is 10.9. The number of hydrogen-bond acceptors (Lipinski definition) is 5. The van der Waals surface area contributed by atoms with E-state index in [1.807, 2.05) is 0 Å². The van der Waals surface area contributed by atoms with Crippen LogP contribution in [-0.2, 0) is 14.1 Å². The Labute approximate surface area is 132 Å². The number of benzene rings is 1. The van der Waals surface area contributed by atoms with Gasteiger partial charge in [0.1, 0.15) is 5.69 Å². The highest BCUT2D eigenvalue weighted by Gasteiger charge is 2.21. The number of hydrogen-bond donors (Lipinski definition) is 1. The van der Waals surface area contributed by atoms with Gasteiger partial charge in [0.25, 0.3) is 11.2 Å². The predicted octanol–water partition coefficient (Wildman–Crippen LogP) is -0.685. The van der Waals surface area contributed by atoms with E-state index in [0.29, 0.717) is 5.56 Å². The molecule has 0 aliphatic carbocycles. The third-order valence-corrected chi connectivity index (χ3v) is 3.75. The second-order valence-corrected chi connectivity index (χ2v) is 5.19. The Morgan fingerprint density at radius 2 is 1.71 bits per heavy atom. The first-order valence-corrected chi connectivity index (χ1v) is 6.81. The number of nitrogens with one attached hydrogen (secondary N) is 2. The highest BCUT2D eigenvalue weighted by atomic mass is 16.6. The van der Waals surface area contributed by atoms with Crippen LogP contribution in [0.1, 0.15) is 0 Å². The fourth-order valence-corrected chi connectivity index (χ4v) is 2.50. The van der Waals surface area contributed by atoms with Crippen molar-refractivity contribution in [1.29, 1.82) is 0 Å². The first-order chi connectivity index (χ1) is 11.3. The smallest absolute Gasteiger partial charge is 0.268 e. The minimum Gasteiger partial charge on any atom is -0.268 e. The van der Waals surface area contributed by atoms with Gasteiger partial charge in [0.2, 0.25) is 5.65 Å². The van der Waals surface area contributed by atoms with Crippen molar-refractivity contribution in [2.75, 3.05) is 0 Å². The van der Waals surface area contributed by atoms with Gasteiger partial charge >= 0.3 is 11.4 Å². The average molecular weight is 330 g/mol. The molecule has 0 fully saturated rings. The zero-order valence-corrected chi connectivity index (χ0v) is 12.7. The molecule has 0 atom stereocenters. The zero-order chi connectivity index (χ0) is 17.6. The number of fused-ring (bicyclic) bond motifs is 1. The van der Waals surface area contributed by atoms with Crippen molar-refractivity contribution in [3.8, 4) is 11.3 Å². The number of rotatable bonds is 2. The maximum atomic E-state index is 12.5. The lowest BCUT2D eigenvalue weighted by Crippen LogP contribution is -2.43. The SMILES string of the molecule is Cn1c(=O)c2c(-c3ccc([N+](=O)[O-])cc3)[nH]c(=O)[nH+]c2n(C)c1=O. The molecule has 0 amide bonds. The summed E-state index contributed by atoms with van der Waals surface area (Å²) < 4.78 is 2.07. The van der Waals surface area contributed by atoms with Crippen LogP contribution in [0.3, 0.4) is 0 Å². The fraction of sp³-hybridized carbons (Fsp3) is 0.143.